The lowest BCUT2D eigenvalue weighted by atomic mass is 10.3. The lowest BCUT2D eigenvalue weighted by molar-refractivity contribution is 0.321. The van der Waals surface area contributed by atoms with Crippen molar-refractivity contribution >= 4 is 39.0 Å². The Labute approximate surface area is 137 Å². The van der Waals surface area contributed by atoms with Gasteiger partial charge in [-0.3, -0.25) is 4.99 Å². The minimum atomic E-state index is -0.445. The fourth-order valence-corrected chi connectivity index (χ4v) is 1.83. The molecule has 0 saturated carbocycles. The zero-order valence-corrected chi connectivity index (χ0v) is 13.1. The van der Waals surface area contributed by atoms with Crippen LogP contribution in [0.4, 0.5) is 10.1 Å². The smallest absolute Gasteiger partial charge is 0.195 e. The minimum Gasteiger partial charge on any atom is -0.410 e. The van der Waals surface area contributed by atoms with Crippen molar-refractivity contribution in [2.24, 2.45) is 26.6 Å². The predicted octanol–water partition coefficient (Wildman–Crippen LogP) is 0.478. The maximum atomic E-state index is 13.2. The number of amidine groups is 2. The summed E-state index contributed by atoms with van der Waals surface area (Å²) >= 11 is 3.03. The molecule has 2 aromatic rings. The van der Waals surface area contributed by atoms with Crippen molar-refractivity contribution in [3.63, 3.8) is 0 Å². The Kier molecular flexibility index (Phi) is 5.30. The molecule has 12 heteroatoms. The van der Waals surface area contributed by atoms with Crippen LogP contribution in [0.25, 0.3) is 0 Å². The number of aliphatic imine (C=N–C) groups is 2. The average molecular weight is 384 g/mol. The molecule has 1 aromatic heterocycles. The van der Waals surface area contributed by atoms with Crippen LogP contribution < -0.4 is 11.5 Å². The largest absolute Gasteiger partial charge is 0.410 e. The molecule has 0 atom stereocenters. The molecule has 23 heavy (non-hydrogen) atoms. The van der Waals surface area contributed by atoms with Gasteiger partial charge in [0.15, 0.2) is 23.2 Å². The normalized spacial score (nSPS) is 13.4. The summed E-state index contributed by atoms with van der Waals surface area (Å²) in [4.78, 5) is 7.92. The van der Waals surface area contributed by atoms with Gasteiger partial charge in [0.05, 0.1) is 10.2 Å². The predicted molar refractivity (Wildman–Crippen MR) is 84.1 cm³/mol. The number of aromatic nitrogens is 4. The molecule has 0 bridgehead atoms. The monoisotopic (exact) mass is 383 g/mol. The fraction of sp³-hybridized carbons (Fsp3) is 0.0909. The third-order valence-corrected chi connectivity index (χ3v) is 3.13. The van der Waals surface area contributed by atoms with Crippen LogP contribution in [0.2, 0.25) is 0 Å². The van der Waals surface area contributed by atoms with E-state index in [0.717, 1.165) is 0 Å². The van der Waals surface area contributed by atoms with Gasteiger partial charge in [-0.15, -0.1) is 10.2 Å². The number of nitrogens with two attached hydrogens (primary N) is 2. The maximum Gasteiger partial charge on any atom is 0.195 e. The molecule has 10 nitrogen and oxygen atoms in total. The zero-order chi connectivity index (χ0) is 16.8. The molecule has 1 aromatic carbocycles. The van der Waals surface area contributed by atoms with Gasteiger partial charge in [0.1, 0.15) is 12.4 Å². The number of H-pyrrole nitrogens is 1. The number of hydrogen-bond donors (Lipinski definition) is 4. The Morgan fingerprint density at radius 1 is 1.35 bits per heavy atom. The minimum absolute atomic E-state index is 0.0106. The molecule has 0 aliphatic carbocycles. The standard InChI is InChI=1S/C11H11BrFN9O/c12-6-3-5(1-2-7(6)13)17-11(15)9(20-23)10(14)16-4-8-18-21-22-19-8/h1-3,23H,4H2,(H2,14,16)(H2,15,17)(H,18,19,21,22)/b20-9+. The second-order valence-corrected chi connectivity index (χ2v) is 4.93. The van der Waals surface area contributed by atoms with E-state index in [9.17, 15) is 4.39 Å². The number of oxime groups is 1. The highest BCUT2D eigenvalue weighted by molar-refractivity contribution is 9.10. The van der Waals surface area contributed by atoms with E-state index < -0.39 is 5.82 Å². The molecule has 0 spiro atoms. The first kappa shape index (κ1) is 16.5. The van der Waals surface area contributed by atoms with Gasteiger partial charge >= 0.3 is 0 Å². The van der Waals surface area contributed by atoms with E-state index in [-0.39, 0.29) is 28.4 Å². The lowest BCUT2D eigenvalue weighted by Gasteiger charge is -2.04. The number of tetrazole rings is 1. The Morgan fingerprint density at radius 2 is 2.13 bits per heavy atom. The third kappa shape index (κ3) is 4.29. The summed E-state index contributed by atoms with van der Waals surface area (Å²) in [6, 6.07) is 4.01. The van der Waals surface area contributed by atoms with Crippen LogP contribution in [0.3, 0.4) is 0 Å². The Hall–Kier alpha value is -2.89. The summed E-state index contributed by atoms with van der Waals surface area (Å²) in [5.74, 6) is -0.511. The van der Waals surface area contributed by atoms with Gasteiger partial charge in [-0.25, -0.2) is 9.38 Å². The van der Waals surface area contributed by atoms with Crippen molar-refractivity contribution in [2.45, 2.75) is 6.54 Å². The molecule has 0 aliphatic rings. The van der Waals surface area contributed by atoms with Crippen LogP contribution in [-0.4, -0.2) is 43.2 Å². The SMILES string of the molecule is NC(=NCc1nn[nH]n1)/C(=N\O)C(N)=Nc1ccc(F)c(Br)c1. The molecular weight excluding hydrogens is 373 g/mol. The molecule has 6 N–H and O–H groups in total. The molecular formula is C11H11BrFN9O. The lowest BCUT2D eigenvalue weighted by Crippen LogP contribution is -2.36. The summed E-state index contributed by atoms with van der Waals surface area (Å²) < 4.78 is 13.4. The van der Waals surface area contributed by atoms with Crippen LogP contribution in [-0.2, 0) is 6.54 Å². The van der Waals surface area contributed by atoms with E-state index in [1.807, 2.05) is 0 Å². The summed E-state index contributed by atoms with van der Waals surface area (Å²) in [5.41, 5.74) is 11.5. The van der Waals surface area contributed by atoms with Gasteiger partial charge in [-0.05, 0) is 34.1 Å². The maximum absolute atomic E-state index is 13.2. The van der Waals surface area contributed by atoms with Crippen LogP contribution >= 0.6 is 15.9 Å². The molecule has 1 heterocycles. The molecule has 0 saturated heterocycles. The van der Waals surface area contributed by atoms with E-state index in [4.69, 9.17) is 16.7 Å². The number of rotatable bonds is 5. The second-order valence-electron chi connectivity index (χ2n) is 4.07. The molecule has 0 fully saturated rings. The first-order valence-corrected chi connectivity index (χ1v) is 6.84. The summed E-state index contributed by atoms with van der Waals surface area (Å²) in [5, 5.41) is 25.0. The first-order chi connectivity index (χ1) is 11.0. The average Bonchev–Trinajstić information content (AvgIpc) is 3.03. The van der Waals surface area contributed by atoms with Crippen LogP contribution in [0, 0.1) is 5.82 Å². The highest BCUT2D eigenvalue weighted by Crippen LogP contribution is 2.22. The van der Waals surface area contributed by atoms with E-state index in [1.54, 1.807) is 0 Å². The van der Waals surface area contributed by atoms with Gasteiger partial charge in [0.25, 0.3) is 0 Å². The van der Waals surface area contributed by atoms with Crippen molar-refractivity contribution in [3.05, 3.63) is 34.3 Å². The molecule has 0 radical (unpaired) electrons. The zero-order valence-electron chi connectivity index (χ0n) is 11.5. The van der Waals surface area contributed by atoms with E-state index in [2.05, 4.69) is 51.7 Å². The van der Waals surface area contributed by atoms with Crippen LogP contribution in [0.1, 0.15) is 5.82 Å². The third-order valence-electron chi connectivity index (χ3n) is 2.52. The van der Waals surface area contributed by atoms with Gasteiger partial charge in [0, 0.05) is 0 Å². The number of halogens is 2. The van der Waals surface area contributed by atoms with Crippen molar-refractivity contribution in [3.8, 4) is 0 Å². The first-order valence-electron chi connectivity index (χ1n) is 6.05. The molecule has 2 rings (SSSR count). The second kappa shape index (κ2) is 7.40. The van der Waals surface area contributed by atoms with E-state index in [0.29, 0.717) is 11.5 Å². The fourth-order valence-electron chi connectivity index (χ4n) is 1.46. The van der Waals surface area contributed by atoms with Crippen LogP contribution in [0.15, 0.2) is 37.8 Å². The van der Waals surface area contributed by atoms with E-state index in [1.165, 1.54) is 18.2 Å². The van der Waals surface area contributed by atoms with Gasteiger partial charge < -0.3 is 16.7 Å². The number of aromatic amines is 1. The number of benzene rings is 1. The quantitative estimate of drug-likeness (QED) is 0.253. The summed E-state index contributed by atoms with van der Waals surface area (Å²) in [7, 11) is 0. The Balaban J connectivity index is 2.20. The van der Waals surface area contributed by atoms with Crippen molar-refractivity contribution < 1.29 is 9.60 Å². The highest BCUT2D eigenvalue weighted by Gasteiger charge is 2.12. The van der Waals surface area contributed by atoms with Crippen LogP contribution in [0.5, 0.6) is 0 Å². The van der Waals surface area contributed by atoms with Crippen molar-refractivity contribution in [2.75, 3.05) is 0 Å². The number of nitrogens with zero attached hydrogens (tertiary/aromatic N) is 6. The number of nitrogens with one attached hydrogen (secondary N) is 1. The van der Waals surface area contributed by atoms with Gasteiger partial charge in [-0.1, -0.05) is 10.4 Å². The Morgan fingerprint density at radius 3 is 2.74 bits per heavy atom. The van der Waals surface area contributed by atoms with Gasteiger partial charge in [0.2, 0.25) is 0 Å². The molecule has 0 aliphatic heterocycles. The highest BCUT2D eigenvalue weighted by atomic mass is 79.9. The van der Waals surface area contributed by atoms with E-state index >= 15 is 0 Å². The molecule has 120 valence electrons. The van der Waals surface area contributed by atoms with Crippen molar-refractivity contribution in [1.82, 2.24) is 20.6 Å². The summed E-state index contributed by atoms with van der Waals surface area (Å²) in [6.45, 7) is 0.0106. The Bertz CT molecular complexity index is 772. The summed E-state index contributed by atoms with van der Waals surface area (Å²) in [6.07, 6.45) is 0. The molecule has 0 unspecified atom stereocenters. The van der Waals surface area contributed by atoms with Gasteiger partial charge in [-0.2, -0.15) is 5.21 Å². The number of hydrogen-bond acceptors (Lipinski definition) is 7. The topological polar surface area (TPSA) is 164 Å². The molecule has 0 amide bonds. The van der Waals surface area contributed by atoms with Crippen molar-refractivity contribution in [1.29, 1.82) is 0 Å².